The quantitative estimate of drug-likeness (QED) is 0.583. The van der Waals surface area contributed by atoms with Crippen LogP contribution in [0, 0.1) is 0 Å². The maximum Gasteiger partial charge on any atom is 0.231 e. The summed E-state index contributed by atoms with van der Waals surface area (Å²) in [6, 6.07) is 4.50. The summed E-state index contributed by atoms with van der Waals surface area (Å²) in [7, 11) is 0. The standard InChI is InChI=1S/C8H4ClNO2/c9-7-2-1-5-6(11)3-4-12-8(5)10-7/h1-4H. The minimum absolute atomic E-state index is 0.111. The van der Waals surface area contributed by atoms with Crippen LogP contribution in [-0.2, 0) is 0 Å². The van der Waals surface area contributed by atoms with Gasteiger partial charge in [0, 0.05) is 6.07 Å². The van der Waals surface area contributed by atoms with E-state index in [2.05, 4.69) is 4.98 Å². The SMILES string of the molecule is O=c1ccoc2nc(Cl)ccc12. The second kappa shape index (κ2) is 2.60. The van der Waals surface area contributed by atoms with Crippen molar-refractivity contribution in [3.8, 4) is 0 Å². The third-order valence-corrected chi connectivity index (χ3v) is 1.70. The third kappa shape index (κ3) is 1.08. The van der Waals surface area contributed by atoms with Crippen LogP contribution < -0.4 is 5.43 Å². The summed E-state index contributed by atoms with van der Waals surface area (Å²) in [4.78, 5) is 15.0. The number of pyridine rings is 1. The summed E-state index contributed by atoms with van der Waals surface area (Å²) in [5, 5.41) is 0.763. The molecular formula is C8H4ClNO2. The topological polar surface area (TPSA) is 43.1 Å². The summed E-state index contributed by atoms with van der Waals surface area (Å²) in [5.74, 6) is 0. The van der Waals surface area contributed by atoms with Crippen LogP contribution in [-0.4, -0.2) is 4.98 Å². The molecule has 0 fully saturated rings. The Hall–Kier alpha value is -1.35. The predicted molar refractivity (Wildman–Crippen MR) is 45.3 cm³/mol. The van der Waals surface area contributed by atoms with E-state index in [1.54, 1.807) is 12.1 Å². The fourth-order valence-electron chi connectivity index (χ4n) is 0.945. The van der Waals surface area contributed by atoms with E-state index in [9.17, 15) is 4.79 Å². The normalized spacial score (nSPS) is 10.4. The summed E-state index contributed by atoms with van der Waals surface area (Å²) in [5.41, 5.74) is 0.162. The van der Waals surface area contributed by atoms with E-state index >= 15 is 0 Å². The number of halogens is 1. The highest BCUT2D eigenvalue weighted by Crippen LogP contribution is 2.10. The average molecular weight is 182 g/mol. The Balaban J connectivity index is 2.96. The Morgan fingerprint density at radius 1 is 1.33 bits per heavy atom. The maximum absolute atomic E-state index is 11.1. The molecule has 4 heteroatoms. The molecule has 2 heterocycles. The number of fused-ring (bicyclic) bond motifs is 1. The predicted octanol–water partition coefficient (Wildman–Crippen LogP) is 1.84. The molecule has 0 aliphatic carbocycles. The number of hydrogen-bond acceptors (Lipinski definition) is 3. The molecule has 2 aromatic heterocycles. The largest absolute Gasteiger partial charge is 0.446 e. The molecule has 0 radical (unpaired) electrons. The molecule has 60 valence electrons. The Kier molecular flexibility index (Phi) is 1.59. The minimum atomic E-state index is -0.111. The highest BCUT2D eigenvalue weighted by atomic mass is 35.5. The molecule has 0 unspecified atom stereocenters. The second-order valence-corrected chi connectivity index (χ2v) is 2.66. The van der Waals surface area contributed by atoms with Crippen LogP contribution in [0.3, 0.4) is 0 Å². The van der Waals surface area contributed by atoms with Gasteiger partial charge >= 0.3 is 0 Å². The summed E-state index contributed by atoms with van der Waals surface area (Å²) in [6.45, 7) is 0. The third-order valence-electron chi connectivity index (χ3n) is 1.49. The summed E-state index contributed by atoms with van der Waals surface area (Å²) in [6.07, 6.45) is 1.30. The number of aromatic nitrogens is 1. The van der Waals surface area contributed by atoms with Gasteiger partial charge in [0.05, 0.1) is 11.6 Å². The van der Waals surface area contributed by atoms with Crippen LogP contribution in [0.2, 0.25) is 5.15 Å². The lowest BCUT2D eigenvalue weighted by atomic mass is 10.3. The van der Waals surface area contributed by atoms with E-state index in [1.807, 2.05) is 0 Å². The van der Waals surface area contributed by atoms with Crippen LogP contribution in [0.1, 0.15) is 0 Å². The smallest absolute Gasteiger partial charge is 0.231 e. The summed E-state index contributed by atoms with van der Waals surface area (Å²) >= 11 is 5.60. The van der Waals surface area contributed by atoms with Crippen molar-refractivity contribution in [3.63, 3.8) is 0 Å². The van der Waals surface area contributed by atoms with Crippen molar-refractivity contribution in [2.24, 2.45) is 0 Å². The van der Waals surface area contributed by atoms with Gasteiger partial charge in [0.15, 0.2) is 5.43 Å². The van der Waals surface area contributed by atoms with Crippen LogP contribution in [0.15, 0.2) is 33.7 Å². The Labute approximate surface area is 72.6 Å². The van der Waals surface area contributed by atoms with E-state index in [0.717, 1.165) is 0 Å². The lowest BCUT2D eigenvalue weighted by Gasteiger charge is -1.93. The lowest BCUT2D eigenvalue weighted by molar-refractivity contribution is 0.589. The van der Waals surface area contributed by atoms with Gasteiger partial charge in [-0.25, -0.2) is 4.98 Å². The zero-order valence-corrected chi connectivity index (χ0v) is 6.71. The number of nitrogens with zero attached hydrogens (tertiary/aromatic N) is 1. The van der Waals surface area contributed by atoms with Crippen molar-refractivity contribution >= 4 is 22.7 Å². The first-order valence-electron chi connectivity index (χ1n) is 3.31. The zero-order valence-electron chi connectivity index (χ0n) is 5.95. The first-order chi connectivity index (χ1) is 5.77. The van der Waals surface area contributed by atoms with Gasteiger partial charge in [-0.1, -0.05) is 11.6 Å². The van der Waals surface area contributed by atoms with Crippen molar-refractivity contribution in [2.75, 3.05) is 0 Å². The zero-order chi connectivity index (χ0) is 8.55. The van der Waals surface area contributed by atoms with E-state index in [4.69, 9.17) is 16.0 Å². The highest BCUT2D eigenvalue weighted by molar-refractivity contribution is 6.29. The molecule has 0 N–H and O–H groups in total. The Morgan fingerprint density at radius 2 is 2.17 bits per heavy atom. The van der Waals surface area contributed by atoms with Crippen LogP contribution >= 0.6 is 11.6 Å². The maximum atomic E-state index is 11.1. The van der Waals surface area contributed by atoms with Gasteiger partial charge in [0.1, 0.15) is 5.15 Å². The minimum Gasteiger partial charge on any atom is -0.446 e. The van der Waals surface area contributed by atoms with Crippen molar-refractivity contribution < 1.29 is 4.42 Å². The lowest BCUT2D eigenvalue weighted by Crippen LogP contribution is -1.98. The first kappa shape index (κ1) is 7.31. The highest BCUT2D eigenvalue weighted by Gasteiger charge is 2.00. The molecule has 12 heavy (non-hydrogen) atoms. The number of rotatable bonds is 0. The van der Waals surface area contributed by atoms with Crippen LogP contribution in [0.5, 0.6) is 0 Å². The van der Waals surface area contributed by atoms with E-state index in [1.165, 1.54) is 12.3 Å². The van der Waals surface area contributed by atoms with Gasteiger partial charge in [0.2, 0.25) is 5.71 Å². The van der Waals surface area contributed by atoms with Gasteiger partial charge in [0.25, 0.3) is 0 Å². The van der Waals surface area contributed by atoms with Crippen molar-refractivity contribution in [1.82, 2.24) is 4.98 Å². The molecule has 0 aliphatic heterocycles. The van der Waals surface area contributed by atoms with Crippen molar-refractivity contribution in [2.45, 2.75) is 0 Å². The molecule has 0 amide bonds. The van der Waals surface area contributed by atoms with Gasteiger partial charge in [-0.15, -0.1) is 0 Å². The van der Waals surface area contributed by atoms with Crippen molar-refractivity contribution in [1.29, 1.82) is 0 Å². The molecule has 2 rings (SSSR count). The fourth-order valence-corrected chi connectivity index (χ4v) is 1.09. The molecule has 3 nitrogen and oxygen atoms in total. The molecule has 0 aliphatic rings. The molecule has 0 saturated heterocycles. The molecule has 2 aromatic rings. The van der Waals surface area contributed by atoms with E-state index in [0.29, 0.717) is 10.5 Å². The Morgan fingerprint density at radius 3 is 3.00 bits per heavy atom. The summed E-state index contributed by atoms with van der Waals surface area (Å²) < 4.78 is 4.98. The van der Waals surface area contributed by atoms with E-state index in [-0.39, 0.29) is 11.1 Å². The van der Waals surface area contributed by atoms with Crippen LogP contribution in [0.25, 0.3) is 11.1 Å². The molecule has 0 aromatic carbocycles. The molecule has 0 spiro atoms. The number of hydrogen-bond donors (Lipinski definition) is 0. The molecule has 0 saturated carbocycles. The first-order valence-corrected chi connectivity index (χ1v) is 3.69. The van der Waals surface area contributed by atoms with Crippen molar-refractivity contribution in [3.05, 3.63) is 39.8 Å². The average Bonchev–Trinajstić information content (AvgIpc) is 2.04. The molecule has 0 bridgehead atoms. The van der Waals surface area contributed by atoms with Gasteiger partial charge in [-0.3, -0.25) is 4.79 Å². The van der Waals surface area contributed by atoms with Crippen LogP contribution in [0.4, 0.5) is 0 Å². The molecular weight excluding hydrogens is 178 g/mol. The fraction of sp³-hybridized carbons (Fsp3) is 0. The van der Waals surface area contributed by atoms with Gasteiger partial charge < -0.3 is 4.42 Å². The van der Waals surface area contributed by atoms with E-state index < -0.39 is 0 Å². The Bertz CT molecular complexity index is 478. The van der Waals surface area contributed by atoms with Gasteiger partial charge in [-0.05, 0) is 12.1 Å². The monoisotopic (exact) mass is 181 g/mol. The molecule has 0 atom stereocenters. The van der Waals surface area contributed by atoms with Gasteiger partial charge in [-0.2, -0.15) is 0 Å². The second-order valence-electron chi connectivity index (χ2n) is 2.27.